The van der Waals surface area contributed by atoms with Gasteiger partial charge in [0.25, 0.3) is 5.56 Å². The minimum absolute atomic E-state index is 0.259. The van der Waals surface area contributed by atoms with Crippen molar-refractivity contribution in [3.8, 4) is 11.3 Å². The highest BCUT2D eigenvalue weighted by Crippen LogP contribution is 2.15. The van der Waals surface area contributed by atoms with Crippen molar-refractivity contribution in [3.63, 3.8) is 0 Å². The van der Waals surface area contributed by atoms with E-state index in [1.165, 1.54) is 6.07 Å². The van der Waals surface area contributed by atoms with Crippen LogP contribution in [-0.4, -0.2) is 20.9 Å². The minimum atomic E-state index is -1.23. The van der Waals surface area contributed by atoms with E-state index in [0.29, 0.717) is 12.2 Å². The maximum atomic E-state index is 11.7. The van der Waals surface area contributed by atoms with Crippen LogP contribution >= 0.6 is 0 Å². The fraction of sp³-hybridized carbons (Fsp3) is 0.154. The van der Waals surface area contributed by atoms with Crippen LogP contribution in [0, 0.1) is 0 Å². The first kappa shape index (κ1) is 12.0. The third-order valence-corrected chi connectivity index (χ3v) is 2.57. The number of carbonyl (C=O) groups is 1. The molecule has 0 unspecified atom stereocenters. The van der Waals surface area contributed by atoms with Crippen LogP contribution in [0.25, 0.3) is 11.3 Å². The maximum Gasteiger partial charge on any atom is 0.341 e. The van der Waals surface area contributed by atoms with Crippen LogP contribution < -0.4 is 5.56 Å². The first-order valence-corrected chi connectivity index (χ1v) is 5.54. The first-order valence-electron chi connectivity index (χ1n) is 5.54. The molecule has 5 nitrogen and oxygen atoms in total. The van der Waals surface area contributed by atoms with Crippen molar-refractivity contribution in [3.05, 3.63) is 52.3 Å². The SMILES string of the molecule is CCn1nc(-c2ccccc2)cc(C(=O)O)c1=O. The predicted octanol–water partition coefficient (Wildman–Crippen LogP) is 1.63. The van der Waals surface area contributed by atoms with Gasteiger partial charge in [-0.25, -0.2) is 9.48 Å². The fourth-order valence-corrected chi connectivity index (χ4v) is 1.66. The van der Waals surface area contributed by atoms with Crippen LogP contribution in [0.2, 0.25) is 0 Å². The molecule has 1 aromatic carbocycles. The van der Waals surface area contributed by atoms with Crippen LogP contribution in [0.3, 0.4) is 0 Å². The molecule has 0 spiro atoms. The molecule has 1 heterocycles. The van der Waals surface area contributed by atoms with E-state index in [9.17, 15) is 9.59 Å². The van der Waals surface area contributed by atoms with E-state index in [0.717, 1.165) is 10.2 Å². The molecule has 2 aromatic rings. The van der Waals surface area contributed by atoms with Crippen molar-refractivity contribution < 1.29 is 9.90 Å². The molecule has 0 atom stereocenters. The van der Waals surface area contributed by atoms with Crippen LogP contribution in [0.4, 0.5) is 0 Å². The fourth-order valence-electron chi connectivity index (χ4n) is 1.66. The predicted molar refractivity (Wildman–Crippen MR) is 66.6 cm³/mol. The van der Waals surface area contributed by atoms with Gasteiger partial charge in [0, 0.05) is 12.1 Å². The second-order valence-corrected chi connectivity index (χ2v) is 3.74. The Labute approximate surface area is 103 Å². The zero-order chi connectivity index (χ0) is 13.1. The molecule has 0 bridgehead atoms. The molecule has 0 radical (unpaired) electrons. The number of carboxylic acids is 1. The molecular formula is C13H12N2O3. The highest BCUT2D eigenvalue weighted by Gasteiger charge is 2.14. The summed E-state index contributed by atoms with van der Waals surface area (Å²) >= 11 is 0. The van der Waals surface area contributed by atoms with E-state index in [1.54, 1.807) is 6.92 Å². The van der Waals surface area contributed by atoms with Gasteiger partial charge in [-0.1, -0.05) is 30.3 Å². The number of hydrogen-bond donors (Lipinski definition) is 1. The summed E-state index contributed by atoms with van der Waals surface area (Å²) in [6.07, 6.45) is 0. The van der Waals surface area contributed by atoms with Crippen molar-refractivity contribution in [2.45, 2.75) is 13.5 Å². The molecule has 18 heavy (non-hydrogen) atoms. The molecule has 1 aromatic heterocycles. The number of aryl methyl sites for hydroxylation is 1. The van der Waals surface area contributed by atoms with E-state index < -0.39 is 11.5 Å². The molecule has 0 saturated carbocycles. The molecule has 0 aliphatic carbocycles. The van der Waals surface area contributed by atoms with Crippen molar-refractivity contribution in [1.82, 2.24) is 9.78 Å². The van der Waals surface area contributed by atoms with Crippen LogP contribution in [-0.2, 0) is 6.54 Å². The van der Waals surface area contributed by atoms with Gasteiger partial charge in [0.1, 0.15) is 5.56 Å². The summed E-state index contributed by atoms with van der Waals surface area (Å²) in [6, 6.07) is 10.5. The summed E-state index contributed by atoms with van der Waals surface area (Å²) in [4.78, 5) is 22.8. The van der Waals surface area contributed by atoms with E-state index in [2.05, 4.69) is 5.10 Å². The van der Waals surface area contributed by atoms with Crippen LogP contribution in [0.5, 0.6) is 0 Å². The van der Waals surface area contributed by atoms with E-state index >= 15 is 0 Å². The molecule has 5 heteroatoms. The molecule has 0 amide bonds. The lowest BCUT2D eigenvalue weighted by Crippen LogP contribution is -2.28. The Kier molecular flexibility index (Phi) is 3.23. The summed E-state index contributed by atoms with van der Waals surface area (Å²) in [5.74, 6) is -1.23. The molecule has 0 aliphatic heterocycles. The molecule has 92 valence electrons. The highest BCUT2D eigenvalue weighted by molar-refractivity contribution is 5.88. The summed E-state index contributed by atoms with van der Waals surface area (Å²) in [6.45, 7) is 2.08. The van der Waals surface area contributed by atoms with Crippen LogP contribution in [0.1, 0.15) is 17.3 Å². The highest BCUT2D eigenvalue weighted by atomic mass is 16.4. The van der Waals surface area contributed by atoms with Gasteiger partial charge in [0.05, 0.1) is 5.69 Å². The Balaban J connectivity index is 2.67. The second-order valence-electron chi connectivity index (χ2n) is 3.74. The Morgan fingerprint density at radius 3 is 2.56 bits per heavy atom. The topological polar surface area (TPSA) is 72.2 Å². The van der Waals surface area contributed by atoms with Crippen LogP contribution in [0.15, 0.2) is 41.2 Å². The Morgan fingerprint density at radius 1 is 1.33 bits per heavy atom. The minimum Gasteiger partial charge on any atom is -0.477 e. The largest absolute Gasteiger partial charge is 0.477 e. The van der Waals surface area contributed by atoms with E-state index in [-0.39, 0.29) is 5.56 Å². The van der Waals surface area contributed by atoms with Gasteiger partial charge in [-0.2, -0.15) is 5.10 Å². The number of hydrogen-bond acceptors (Lipinski definition) is 3. The number of aromatic carboxylic acids is 1. The van der Waals surface area contributed by atoms with Gasteiger partial charge in [-0.05, 0) is 13.0 Å². The van der Waals surface area contributed by atoms with Gasteiger partial charge < -0.3 is 5.11 Å². The number of carboxylic acid groups (broad SMARTS) is 1. The zero-order valence-corrected chi connectivity index (χ0v) is 9.83. The second kappa shape index (κ2) is 4.83. The van der Waals surface area contributed by atoms with Gasteiger partial charge >= 0.3 is 5.97 Å². The van der Waals surface area contributed by atoms with E-state index in [1.807, 2.05) is 30.3 Å². The Morgan fingerprint density at radius 2 is 2.00 bits per heavy atom. The number of benzene rings is 1. The number of rotatable bonds is 3. The number of nitrogens with zero attached hydrogens (tertiary/aromatic N) is 2. The van der Waals surface area contributed by atoms with Gasteiger partial charge in [-0.15, -0.1) is 0 Å². The van der Waals surface area contributed by atoms with Gasteiger partial charge in [-0.3, -0.25) is 4.79 Å². The lowest BCUT2D eigenvalue weighted by molar-refractivity contribution is 0.0694. The summed E-state index contributed by atoms with van der Waals surface area (Å²) in [5.41, 5.74) is 0.423. The standard InChI is InChI=1S/C13H12N2O3/c1-2-15-12(16)10(13(17)18)8-11(14-15)9-6-4-3-5-7-9/h3-8H,2H2,1H3,(H,17,18). The Bertz CT molecular complexity index is 632. The smallest absolute Gasteiger partial charge is 0.341 e. The third kappa shape index (κ3) is 2.15. The molecule has 1 N–H and O–H groups in total. The number of aromatic nitrogens is 2. The third-order valence-electron chi connectivity index (χ3n) is 2.57. The van der Waals surface area contributed by atoms with E-state index in [4.69, 9.17) is 5.11 Å². The maximum absolute atomic E-state index is 11.7. The van der Waals surface area contributed by atoms with Gasteiger partial charge in [0.15, 0.2) is 0 Å². The van der Waals surface area contributed by atoms with Crippen molar-refractivity contribution in [1.29, 1.82) is 0 Å². The molecule has 2 rings (SSSR count). The summed E-state index contributed by atoms with van der Waals surface area (Å²) < 4.78 is 1.16. The van der Waals surface area contributed by atoms with Crippen molar-refractivity contribution >= 4 is 5.97 Å². The van der Waals surface area contributed by atoms with Crippen molar-refractivity contribution in [2.75, 3.05) is 0 Å². The Hall–Kier alpha value is -2.43. The quantitative estimate of drug-likeness (QED) is 0.890. The monoisotopic (exact) mass is 244 g/mol. The zero-order valence-electron chi connectivity index (χ0n) is 9.83. The molecule has 0 aliphatic rings. The van der Waals surface area contributed by atoms with Gasteiger partial charge in [0.2, 0.25) is 0 Å². The average Bonchev–Trinajstić information content (AvgIpc) is 2.39. The normalized spacial score (nSPS) is 10.3. The average molecular weight is 244 g/mol. The first-order chi connectivity index (χ1) is 8.63. The lowest BCUT2D eigenvalue weighted by atomic mass is 10.1. The van der Waals surface area contributed by atoms with Crippen molar-refractivity contribution in [2.24, 2.45) is 0 Å². The lowest BCUT2D eigenvalue weighted by Gasteiger charge is -2.06. The molecule has 0 saturated heterocycles. The molecular weight excluding hydrogens is 232 g/mol. The summed E-state index contributed by atoms with van der Waals surface area (Å²) in [5, 5.41) is 13.2. The molecule has 0 fully saturated rings. The summed E-state index contributed by atoms with van der Waals surface area (Å²) in [7, 11) is 0.